The van der Waals surface area contributed by atoms with Crippen LogP contribution in [0.3, 0.4) is 0 Å². The molecule has 0 unspecified atom stereocenters. The Labute approximate surface area is 214 Å². The number of ether oxygens (including phenoxy) is 1. The highest BCUT2D eigenvalue weighted by Gasteiger charge is 2.16. The van der Waals surface area contributed by atoms with E-state index in [2.05, 4.69) is 41.9 Å². The summed E-state index contributed by atoms with van der Waals surface area (Å²) in [5.74, 6) is -0.0335. The molecule has 1 N–H and O–H groups in total. The van der Waals surface area contributed by atoms with Gasteiger partial charge in [-0.25, -0.2) is 9.78 Å². The van der Waals surface area contributed by atoms with E-state index in [1.54, 1.807) is 36.4 Å². The topological polar surface area (TPSA) is 107 Å². The first kappa shape index (κ1) is 23.0. The largest absolute Gasteiger partial charge is 0.481 e. The van der Waals surface area contributed by atoms with Gasteiger partial charge in [0.2, 0.25) is 5.82 Å². The molecule has 0 aliphatic rings. The highest BCUT2D eigenvalue weighted by Crippen LogP contribution is 2.29. The predicted octanol–water partition coefficient (Wildman–Crippen LogP) is 5.68. The number of carboxylic acid groups (broad SMARTS) is 1. The lowest BCUT2D eigenvalue weighted by Crippen LogP contribution is -2.20. The number of aliphatic carboxylic acids is 1. The molecule has 2 heterocycles. The summed E-state index contributed by atoms with van der Waals surface area (Å²) in [5.41, 5.74) is 1.49. The molecule has 0 aliphatic carbocycles. The molecule has 35 heavy (non-hydrogen) atoms. The summed E-state index contributed by atoms with van der Waals surface area (Å²) in [7, 11) is 0. The van der Waals surface area contributed by atoms with Crippen LogP contribution in [0.25, 0.3) is 33.5 Å². The number of rotatable bonds is 6. The van der Waals surface area contributed by atoms with Crippen LogP contribution < -0.4 is 10.3 Å². The van der Waals surface area contributed by atoms with Gasteiger partial charge < -0.3 is 14.3 Å². The van der Waals surface area contributed by atoms with Gasteiger partial charge in [-0.3, -0.25) is 4.79 Å². The molecule has 3 aromatic carbocycles. The zero-order valence-electron chi connectivity index (χ0n) is 17.8. The quantitative estimate of drug-likeness (QED) is 0.253. The SMILES string of the molecule is O=C(O)COc1ccc(C=Nn2c(-c3cc4cc(Br)ccc4o3)nc3ccccc3c2=O)cc1Br. The lowest BCUT2D eigenvalue weighted by molar-refractivity contribution is -0.139. The third kappa shape index (κ3) is 4.75. The summed E-state index contributed by atoms with van der Waals surface area (Å²) in [5, 5.41) is 14.5. The van der Waals surface area contributed by atoms with Crippen LogP contribution in [-0.4, -0.2) is 33.6 Å². The van der Waals surface area contributed by atoms with E-state index >= 15 is 0 Å². The molecule has 0 fully saturated rings. The molecule has 10 heteroatoms. The molecular formula is C25H15Br2N3O5. The number of furan rings is 1. The second kappa shape index (κ2) is 9.47. The zero-order valence-corrected chi connectivity index (χ0v) is 21.0. The number of carbonyl (C=O) groups is 1. The summed E-state index contributed by atoms with van der Waals surface area (Å²) in [6.07, 6.45) is 1.51. The molecule has 174 valence electrons. The number of fused-ring (bicyclic) bond motifs is 2. The lowest BCUT2D eigenvalue weighted by atomic mass is 10.2. The molecule has 0 saturated carbocycles. The normalized spacial score (nSPS) is 11.5. The number of carboxylic acids is 1. The van der Waals surface area contributed by atoms with E-state index in [0.29, 0.717) is 38.0 Å². The average Bonchev–Trinajstić information content (AvgIpc) is 3.25. The molecule has 5 aromatic rings. The Kier molecular flexibility index (Phi) is 6.23. The van der Waals surface area contributed by atoms with E-state index in [9.17, 15) is 9.59 Å². The van der Waals surface area contributed by atoms with Gasteiger partial charge in [0.1, 0.15) is 11.3 Å². The molecule has 0 aliphatic heterocycles. The molecule has 0 saturated heterocycles. The Hall–Kier alpha value is -3.76. The van der Waals surface area contributed by atoms with Gasteiger partial charge in [0, 0.05) is 9.86 Å². The number of nitrogens with zero attached hydrogens (tertiary/aromatic N) is 3. The van der Waals surface area contributed by atoms with E-state index in [4.69, 9.17) is 14.3 Å². The van der Waals surface area contributed by atoms with E-state index < -0.39 is 12.6 Å². The van der Waals surface area contributed by atoms with Crippen molar-refractivity contribution in [2.45, 2.75) is 0 Å². The van der Waals surface area contributed by atoms with Crippen molar-refractivity contribution in [3.8, 4) is 17.3 Å². The van der Waals surface area contributed by atoms with Gasteiger partial charge in [0.25, 0.3) is 5.56 Å². The minimum atomic E-state index is -1.07. The van der Waals surface area contributed by atoms with Crippen LogP contribution in [0.15, 0.2) is 90.0 Å². The van der Waals surface area contributed by atoms with Gasteiger partial charge in [0.05, 0.1) is 21.6 Å². The fraction of sp³-hybridized carbons (Fsp3) is 0.0400. The Balaban J connectivity index is 1.60. The third-order valence-corrected chi connectivity index (χ3v) is 6.19. The van der Waals surface area contributed by atoms with Crippen LogP contribution in [0.1, 0.15) is 5.56 Å². The van der Waals surface area contributed by atoms with Gasteiger partial charge in [-0.1, -0.05) is 28.1 Å². The lowest BCUT2D eigenvalue weighted by Gasteiger charge is -2.08. The van der Waals surface area contributed by atoms with Gasteiger partial charge in [-0.05, 0) is 76.1 Å². The molecule has 8 nitrogen and oxygen atoms in total. The number of halogens is 2. The number of aromatic nitrogens is 2. The molecular weight excluding hydrogens is 582 g/mol. The minimum absolute atomic E-state index is 0.262. The number of hydrogen-bond donors (Lipinski definition) is 1. The predicted molar refractivity (Wildman–Crippen MR) is 139 cm³/mol. The molecule has 0 spiro atoms. The van der Waals surface area contributed by atoms with Gasteiger partial charge in [-0.2, -0.15) is 9.78 Å². The van der Waals surface area contributed by atoms with Crippen molar-refractivity contribution in [2.75, 3.05) is 6.61 Å². The molecule has 0 atom stereocenters. The van der Waals surface area contributed by atoms with E-state index in [0.717, 1.165) is 9.86 Å². The van der Waals surface area contributed by atoms with E-state index in [1.165, 1.54) is 10.9 Å². The number of benzene rings is 3. The fourth-order valence-electron chi connectivity index (χ4n) is 3.49. The third-order valence-electron chi connectivity index (χ3n) is 5.08. The van der Waals surface area contributed by atoms with Crippen LogP contribution in [-0.2, 0) is 4.79 Å². The van der Waals surface area contributed by atoms with Crippen molar-refractivity contribution >= 4 is 65.9 Å². The first-order valence-electron chi connectivity index (χ1n) is 10.3. The first-order chi connectivity index (χ1) is 16.9. The summed E-state index contributed by atoms with van der Waals surface area (Å²) in [6, 6.07) is 19.5. The fourth-order valence-corrected chi connectivity index (χ4v) is 4.38. The molecule has 0 radical (unpaired) electrons. The van der Waals surface area contributed by atoms with Crippen molar-refractivity contribution in [3.63, 3.8) is 0 Å². The Morgan fingerprint density at radius 2 is 1.94 bits per heavy atom. The Morgan fingerprint density at radius 3 is 2.74 bits per heavy atom. The van der Waals surface area contributed by atoms with Crippen molar-refractivity contribution < 1.29 is 19.1 Å². The van der Waals surface area contributed by atoms with Crippen molar-refractivity contribution in [3.05, 3.63) is 91.6 Å². The maximum absolute atomic E-state index is 13.4. The highest BCUT2D eigenvalue weighted by molar-refractivity contribution is 9.10. The minimum Gasteiger partial charge on any atom is -0.481 e. The monoisotopic (exact) mass is 595 g/mol. The zero-order chi connectivity index (χ0) is 24.5. The Bertz CT molecular complexity index is 1690. The van der Waals surface area contributed by atoms with Crippen molar-refractivity contribution in [1.29, 1.82) is 0 Å². The smallest absolute Gasteiger partial charge is 0.341 e. The van der Waals surface area contributed by atoms with Crippen LogP contribution in [0.2, 0.25) is 0 Å². The van der Waals surface area contributed by atoms with E-state index in [-0.39, 0.29) is 11.4 Å². The maximum atomic E-state index is 13.4. The summed E-state index contributed by atoms with van der Waals surface area (Å²) < 4.78 is 13.9. The maximum Gasteiger partial charge on any atom is 0.341 e. The number of hydrogen-bond acceptors (Lipinski definition) is 6. The number of para-hydroxylation sites is 1. The summed E-state index contributed by atoms with van der Waals surface area (Å²) >= 11 is 6.82. The van der Waals surface area contributed by atoms with Crippen LogP contribution in [0.5, 0.6) is 5.75 Å². The second-order valence-electron chi connectivity index (χ2n) is 7.48. The first-order valence-corrected chi connectivity index (χ1v) is 11.9. The Morgan fingerprint density at radius 1 is 1.11 bits per heavy atom. The van der Waals surface area contributed by atoms with Crippen LogP contribution >= 0.6 is 31.9 Å². The van der Waals surface area contributed by atoms with Crippen LogP contribution in [0, 0.1) is 0 Å². The highest BCUT2D eigenvalue weighted by atomic mass is 79.9. The van der Waals surface area contributed by atoms with Crippen molar-refractivity contribution in [2.24, 2.45) is 5.10 Å². The average molecular weight is 597 g/mol. The molecule has 2 aromatic heterocycles. The summed E-state index contributed by atoms with van der Waals surface area (Å²) in [6.45, 7) is -0.457. The van der Waals surface area contributed by atoms with Gasteiger partial charge in [-0.15, -0.1) is 0 Å². The molecule has 0 amide bonds. The second-order valence-corrected chi connectivity index (χ2v) is 9.25. The van der Waals surface area contributed by atoms with E-state index in [1.807, 2.05) is 30.3 Å². The van der Waals surface area contributed by atoms with Crippen molar-refractivity contribution in [1.82, 2.24) is 9.66 Å². The van der Waals surface area contributed by atoms with Crippen LogP contribution in [0.4, 0.5) is 0 Å². The van der Waals surface area contributed by atoms with Gasteiger partial charge >= 0.3 is 5.97 Å². The molecule has 0 bridgehead atoms. The van der Waals surface area contributed by atoms with Gasteiger partial charge in [0.15, 0.2) is 12.4 Å². The summed E-state index contributed by atoms with van der Waals surface area (Å²) in [4.78, 5) is 28.8. The standard InChI is InChI=1S/C25H15Br2N3O5/c26-16-6-8-20-15(10-16)11-22(35-20)24-29-19-4-2-1-3-17(19)25(33)30(24)28-12-14-5-7-21(18(27)9-14)34-13-23(31)32/h1-12H,13H2,(H,31,32). The molecule has 5 rings (SSSR count).